The van der Waals surface area contributed by atoms with Crippen LogP contribution in [0.3, 0.4) is 0 Å². The van der Waals surface area contributed by atoms with E-state index in [9.17, 15) is 9.59 Å². The quantitative estimate of drug-likeness (QED) is 0.182. The van der Waals surface area contributed by atoms with Gasteiger partial charge in [-0.3, -0.25) is 4.79 Å². The van der Waals surface area contributed by atoms with E-state index in [0.29, 0.717) is 5.88 Å². The molecule has 0 atom stereocenters. The molecule has 4 aromatic rings. The van der Waals surface area contributed by atoms with Crippen LogP contribution in [0.1, 0.15) is 50.9 Å². The first-order valence-corrected chi connectivity index (χ1v) is 14.9. The number of pyridine rings is 2. The Morgan fingerprint density at radius 2 is 1.87 bits per heavy atom. The number of ether oxygens (including phenoxy) is 3. The van der Waals surface area contributed by atoms with Crippen molar-refractivity contribution in [2.24, 2.45) is 0 Å². The van der Waals surface area contributed by atoms with Gasteiger partial charge in [0.1, 0.15) is 23.6 Å². The Bertz CT molecular complexity index is 1630. The van der Waals surface area contributed by atoms with E-state index in [1.54, 1.807) is 53.4 Å². The van der Waals surface area contributed by atoms with E-state index in [0.717, 1.165) is 51.2 Å². The molecule has 4 rings (SSSR count). The smallest absolute Gasteiger partial charge is 0.410 e. The average molecular weight is 612 g/mol. The van der Waals surface area contributed by atoms with Crippen LogP contribution in [0.15, 0.2) is 79.1 Å². The predicted molar refractivity (Wildman–Crippen MR) is 176 cm³/mol. The number of rotatable bonds is 12. The second-order valence-electron chi connectivity index (χ2n) is 11.2. The minimum absolute atomic E-state index is 0.180. The van der Waals surface area contributed by atoms with Crippen molar-refractivity contribution in [1.29, 1.82) is 0 Å². The number of hydrogen-bond acceptors (Lipinski definition) is 7. The van der Waals surface area contributed by atoms with Crippen LogP contribution < -0.4 is 14.8 Å². The van der Waals surface area contributed by atoms with Crippen molar-refractivity contribution in [2.45, 2.75) is 39.7 Å². The second kappa shape index (κ2) is 15.1. The fourth-order valence-electron chi connectivity index (χ4n) is 4.75. The van der Waals surface area contributed by atoms with Crippen molar-refractivity contribution >= 4 is 34.2 Å². The van der Waals surface area contributed by atoms with E-state index < -0.39 is 11.7 Å². The summed E-state index contributed by atoms with van der Waals surface area (Å²) < 4.78 is 17.0. The minimum Gasteiger partial charge on any atom is -0.497 e. The van der Waals surface area contributed by atoms with E-state index in [1.807, 2.05) is 42.5 Å². The maximum atomic E-state index is 12.8. The number of nitrogens with one attached hydrogen (secondary N) is 2. The summed E-state index contributed by atoms with van der Waals surface area (Å²) in [4.78, 5) is 38.5. The molecule has 0 aliphatic rings. The van der Waals surface area contributed by atoms with Gasteiger partial charge < -0.3 is 29.4 Å². The van der Waals surface area contributed by atoms with Gasteiger partial charge in [0, 0.05) is 60.3 Å². The molecule has 45 heavy (non-hydrogen) atoms. The maximum Gasteiger partial charge on any atom is 0.410 e. The fourth-order valence-corrected chi connectivity index (χ4v) is 4.75. The lowest BCUT2D eigenvalue weighted by Gasteiger charge is -2.26. The molecule has 0 saturated heterocycles. The highest BCUT2D eigenvalue weighted by atomic mass is 16.6. The molecular formula is C35H41N5O5. The van der Waals surface area contributed by atoms with Gasteiger partial charge in [-0.25, -0.2) is 14.8 Å². The molecule has 0 saturated carbocycles. The molecular weight excluding hydrogens is 570 g/mol. The number of fused-ring (bicyclic) bond motifs is 1. The van der Waals surface area contributed by atoms with E-state index in [4.69, 9.17) is 14.2 Å². The lowest BCUT2D eigenvalue weighted by Crippen LogP contribution is -2.39. The predicted octanol–water partition coefficient (Wildman–Crippen LogP) is 6.25. The van der Waals surface area contributed by atoms with Crippen LogP contribution in [0.5, 0.6) is 11.6 Å². The minimum atomic E-state index is -0.660. The Labute approximate surface area is 264 Å². The first kappa shape index (κ1) is 32.8. The van der Waals surface area contributed by atoms with Crippen LogP contribution in [0.4, 0.5) is 4.79 Å². The number of methoxy groups -OCH3 is 1. The molecule has 10 nitrogen and oxygen atoms in total. The summed E-state index contributed by atoms with van der Waals surface area (Å²) in [6, 6.07) is 17.9. The van der Waals surface area contributed by atoms with Gasteiger partial charge in [-0.05, 0) is 74.7 Å². The Morgan fingerprint density at radius 1 is 1.04 bits per heavy atom. The Hall–Kier alpha value is -5.12. The maximum absolute atomic E-state index is 12.8. The number of allylic oxidation sites excluding steroid dienone is 1. The van der Waals surface area contributed by atoms with Crippen molar-refractivity contribution in [2.75, 3.05) is 33.9 Å². The molecule has 2 N–H and O–H groups in total. The molecule has 10 heteroatoms. The van der Waals surface area contributed by atoms with Crippen molar-refractivity contribution in [3.63, 3.8) is 0 Å². The van der Waals surface area contributed by atoms with Crippen LogP contribution in [0.2, 0.25) is 0 Å². The Balaban J connectivity index is 1.58. The van der Waals surface area contributed by atoms with E-state index in [-0.39, 0.29) is 25.6 Å². The Kier molecular flexibility index (Phi) is 11.0. The first-order valence-electron chi connectivity index (χ1n) is 14.9. The molecule has 0 bridgehead atoms. The lowest BCUT2D eigenvalue weighted by molar-refractivity contribution is -0.116. The number of aromatic nitrogens is 3. The van der Waals surface area contributed by atoms with Crippen molar-refractivity contribution in [3.05, 3.63) is 96.0 Å². The number of carbonyl (C=O) groups excluding carboxylic acids is 2. The molecule has 0 fully saturated rings. The number of nitrogens with zero attached hydrogens (tertiary/aromatic N) is 3. The summed E-state index contributed by atoms with van der Waals surface area (Å²) in [5.41, 5.74) is 5.15. The largest absolute Gasteiger partial charge is 0.497 e. The number of amides is 2. The van der Waals surface area contributed by atoms with Gasteiger partial charge in [0.25, 0.3) is 0 Å². The molecule has 0 unspecified atom stereocenters. The zero-order valence-electron chi connectivity index (χ0n) is 26.7. The zero-order chi connectivity index (χ0) is 32.4. The monoisotopic (exact) mass is 611 g/mol. The van der Waals surface area contributed by atoms with Gasteiger partial charge in [-0.15, -0.1) is 0 Å². The third kappa shape index (κ3) is 8.95. The summed E-state index contributed by atoms with van der Waals surface area (Å²) in [7, 11) is 3.21. The van der Waals surface area contributed by atoms with Crippen molar-refractivity contribution in [1.82, 2.24) is 25.2 Å². The summed E-state index contributed by atoms with van der Waals surface area (Å²) in [6.07, 6.45) is 6.81. The number of hydrogen-bond donors (Lipinski definition) is 2. The molecule has 1 aromatic carbocycles. The summed E-state index contributed by atoms with van der Waals surface area (Å²) in [5.74, 6) is 0.942. The lowest BCUT2D eigenvalue weighted by atomic mass is 9.91. The summed E-state index contributed by atoms with van der Waals surface area (Å²) in [5, 5.41) is 3.53. The normalized spacial score (nSPS) is 12.1. The first-order chi connectivity index (χ1) is 21.6. The van der Waals surface area contributed by atoms with E-state index >= 15 is 0 Å². The van der Waals surface area contributed by atoms with Gasteiger partial charge in [0.15, 0.2) is 0 Å². The summed E-state index contributed by atoms with van der Waals surface area (Å²) in [6.45, 7) is 8.14. The van der Waals surface area contributed by atoms with Gasteiger partial charge in [0.05, 0.1) is 13.7 Å². The Morgan fingerprint density at radius 3 is 2.53 bits per heavy atom. The third-order valence-corrected chi connectivity index (χ3v) is 6.86. The number of aromatic amines is 1. The fraction of sp³-hybridized carbons (Fsp3) is 0.314. The van der Waals surface area contributed by atoms with Crippen LogP contribution in [0.25, 0.3) is 22.2 Å². The number of benzene rings is 1. The zero-order valence-corrected chi connectivity index (χ0v) is 26.7. The van der Waals surface area contributed by atoms with Gasteiger partial charge >= 0.3 is 6.09 Å². The van der Waals surface area contributed by atoms with Gasteiger partial charge in [0.2, 0.25) is 11.8 Å². The van der Waals surface area contributed by atoms with E-state index in [2.05, 4.69) is 39.3 Å². The summed E-state index contributed by atoms with van der Waals surface area (Å²) >= 11 is 0. The van der Waals surface area contributed by atoms with Crippen LogP contribution in [0, 0.1) is 0 Å². The highest BCUT2D eigenvalue weighted by Crippen LogP contribution is 2.36. The van der Waals surface area contributed by atoms with E-state index in [1.165, 1.54) is 11.0 Å². The highest BCUT2D eigenvalue weighted by molar-refractivity contribution is 6.00. The van der Waals surface area contributed by atoms with Crippen LogP contribution in [-0.4, -0.2) is 71.3 Å². The van der Waals surface area contributed by atoms with Crippen LogP contribution >= 0.6 is 0 Å². The van der Waals surface area contributed by atoms with Crippen LogP contribution in [-0.2, 0) is 9.53 Å². The molecule has 236 valence electrons. The average Bonchev–Trinajstić information content (AvgIpc) is 3.46. The molecule has 0 spiro atoms. The second-order valence-corrected chi connectivity index (χ2v) is 11.2. The molecule has 0 aliphatic heterocycles. The van der Waals surface area contributed by atoms with Crippen molar-refractivity contribution in [3.8, 4) is 11.6 Å². The number of carbonyl (C=O) groups is 2. The molecule has 0 aliphatic carbocycles. The molecule has 2 amide bonds. The topological polar surface area (TPSA) is 119 Å². The van der Waals surface area contributed by atoms with Gasteiger partial charge in [-0.1, -0.05) is 25.1 Å². The SMILES string of the molecule is CC/C(=C(/c1ccc(OCCN(C/C=C/C(=O)NC)C(=O)OC(C)(C)C)nc1)c1cc2cccnc2[nH]1)c1cccc(OC)c1. The number of H-pyrrole nitrogens is 1. The highest BCUT2D eigenvalue weighted by Gasteiger charge is 2.22. The number of likely N-dealkylation sites (N-methyl/N-ethyl adjacent to an activating group) is 1. The third-order valence-electron chi connectivity index (χ3n) is 6.86. The molecule has 3 aromatic heterocycles. The van der Waals surface area contributed by atoms with Crippen molar-refractivity contribution < 1.29 is 23.8 Å². The standard InChI is InChI=1S/C35H41N5O5/c1-7-28(24-11-8-13-27(21-24)43-6)32(29-22-25-12-9-17-37-33(25)39-29)26-15-16-31(38-23-26)44-20-19-40(18-10-14-30(41)36-5)34(42)45-35(2,3)4/h8-17,21-23H,7,18-20H2,1-6H3,(H,36,41)(H,37,39)/b14-10+,32-28+. The molecule has 0 radical (unpaired) electrons. The molecule has 3 heterocycles. The van der Waals surface area contributed by atoms with Gasteiger partial charge in [-0.2, -0.15) is 0 Å².